The lowest BCUT2D eigenvalue weighted by molar-refractivity contribution is -0.123. The lowest BCUT2D eigenvalue weighted by Crippen LogP contribution is -2.45. The molecule has 4 heterocycles. The maximum Gasteiger partial charge on any atom is 0.258 e. The number of fused-ring (bicyclic) bond motifs is 8. The van der Waals surface area contributed by atoms with E-state index in [1.54, 1.807) is 41.4 Å². The van der Waals surface area contributed by atoms with Gasteiger partial charge in [-0.05, 0) is 48.0 Å². The highest BCUT2D eigenvalue weighted by Gasteiger charge is 2.39. The Bertz CT molecular complexity index is 1700. The van der Waals surface area contributed by atoms with E-state index < -0.39 is 18.1 Å². The Hall–Kier alpha value is -5.32. The molecule has 3 aliphatic heterocycles. The third-order valence-electron chi connectivity index (χ3n) is 7.51. The topological polar surface area (TPSA) is 128 Å². The molecule has 43 heavy (non-hydrogen) atoms. The molecule has 1 fully saturated rings. The molecule has 3 aromatic carbocycles. The van der Waals surface area contributed by atoms with Crippen LogP contribution >= 0.6 is 0 Å². The Morgan fingerprint density at radius 2 is 1.79 bits per heavy atom. The van der Waals surface area contributed by atoms with Crippen molar-refractivity contribution in [3.8, 4) is 23.0 Å². The van der Waals surface area contributed by atoms with Crippen molar-refractivity contribution in [1.29, 1.82) is 0 Å². The minimum Gasteiger partial charge on any atom is -0.493 e. The lowest BCUT2D eigenvalue weighted by Gasteiger charge is -2.22. The van der Waals surface area contributed by atoms with Crippen LogP contribution in [0.1, 0.15) is 26.3 Å². The summed E-state index contributed by atoms with van der Waals surface area (Å²) in [5.41, 5.74) is 2.16. The van der Waals surface area contributed by atoms with Crippen LogP contribution in [-0.4, -0.2) is 73.7 Å². The molecule has 0 unspecified atom stereocenters. The number of benzene rings is 3. The molecule has 1 aromatic heterocycles. The smallest absolute Gasteiger partial charge is 0.258 e. The number of pyridine rings is 1. The SMILES string of the molecule is COc1ccc2cc1OCC(=O)NCc1ccc(c(OC)c1)O[C@H]1CN(C(=O)c3cccc4cccnc34)C[C@@H]1NC2=O. The molecule has 7 rings (SSSR count). The molecule has 0 spiro atoms. The number of carbonyl (C=O) groups excluding carboxylic acids is 3. The first-order chi connectivity index (χ1) is 20.9. The van der Waals surface area contributed by atoms with Crippen molar-refractivity contribution in [3.05, 3.63) is 89.6 Å². The van der Waals surface area contributed by atoms with Gasteiger partial charge in [-0.1, -0.05) is 24.3 Å². The van der Waals surface area contributed by atoms with E-state index in [9.17, 15) is 14.4 Å². The van der Waals surface area contributed by atoms with E-state index in [1.807, 2.05) is 30.3 Å². The van der Waals surface area contributed by atoms with Gasteiger partial charge in [0, 0.05) is 30.2 Å². The van der Waals surface area contributed by atoms with E-state index in [4.69, 9.17) is 18.9 Å². The van der Waals surface area contributed by atoms with Crippen molar-refractivity contribution >= 4 is 28.6 Å². The Labute approximate surface area is 247 Å². The average molecular weight is 583 g/mol. The minimum absolute atomic E-state index is 0.205. The number of hydrogen-bond donors (Lipinski definition) is 2. The van der Waals surface area contributed by atoms with Crippen molar-refractivity contribution in [2.75, 3.05) is 33.9 Å². The fourth-order valence-electron chi connectivity index (χ4n) is 5.30. The summed E-state index contributed by atoms with van der Waals surface area (Å²) in [6, 6.07) is 18.7. The molecule has 1 saturated heterocycles. The number of rotatable bonds is 3. The van der Waals surface area contributed by atoms with Crippen molar-refractivity contribution in [2.24, 2.45) is 0 Å². The molecule has 11 heteroatoms. The zero-order valence-corrected chi connectivity index (χ0v) is 23.7. The van der Waals surface area contributed by atoms with Crippen molar-refractivity contribution in [2.45, 2.75) is 18.7 Å². The molecule has 2 atom stereocenters. The quantitative estimate of drug-likeness (QED) is 0.378. The molecule has 3 amide bonds. The molecule has 4 bridgehead atoms. The minimum atomic E-state index is -0.597. The number of amides is 3. The van der Waals surface area contributed by atoms with Crippen LogP contribution in [0.5, 0.6) is 23.0 Å². The van der Waals surface area contributed by atoms with Crippen LogP contribution in [0.15, 0.2) is 72.9 Å². The maximum atomic E-state index is 13.8. The highest BCUT2D eigenvalue weighted by molar-refractivity contribution is 6.05. The molecule has 0 radical (unpaired) electrons. The number of nitrogens with one attached hydrogen (secondary N) is 2. The zero-order valence-electron chi connectivity index (χ0n) is 23.7. The van der Waals surface area contributed by atoms with Crippen LogP contribution in [0.2, 0.25) is 0 Å². The predicted octanol–water partition coefficient (Wildman–Crippen LogP) is 2.96. The monoisotopic (exact) mass is 582 g/mol. The van der Waals surface area contributed by atoms with E-state index in [2.05, 4.69) is 15.6 Å². The molecule has 0 aliphatic carbocycles. The Kier molecular flexibility index (Phi) is 7.69. The fourth-order valence-corrected chi connectivity index (χ4v) is 5.30. The summed E-state index contributed by atoms with van der Waals surface area (Å²) in [7, 11) is 3.00. The number of methoxy groups -OCH3 is 2. The van der Waals surface area contributed by atoms with Gasteiger partial charge in [0.15, 0.2) is 29.6 Å². The molecule has 0 saturated carbocycles. The van der Waals surface area contributed by atoms with Gasteiger partial charge in [-0.3, -0.25) is 19.4 Å². The standard InChI is InChI=1S/C32H30N4O7/c1-40-24-11-9-21-14-27(24)42-18-29(37)34-15-19-8-10-25(26(13-19)41-2)43-28-17-36(16-23(28)35-31(21)38)32(39)22-7-3-5-20-6-4-12-33-30(20)22/h3-14,23,28H,15-18H2,1-2H3,(H,34,37)(H,35,38)/t23-,28-/m0/s1. The number of carbonyl (C=O) groups is 3. The Morgan fingerprint density at radius 3 is 2.63 bits per heavy atom. The van der Waals surface area contributed by atoms with Crippen LogP contribution in [-0.2, 0) is 11.3 Å². The third-order valence-corrected chi connectivity index (χ3v) is 7.51. The second-order valence-electron chi connectivity index (χ2n) is 10.2. The van der Waals surface area contributed by atoms with Crippen LogP contribution in [0.3, 0.4) is 0 Å². The summed E-state index contributed by atoms with van der Waals surface area (Å²) < 4.78 is 23.1. The molecule has 11 nitrogen and oxygen atoms in total. The Balaban J connectivity index is 1.35. The fraction of sp³-hybridized carbons (Fsp3) is 0.250. The van der Waals surface area contributed by atoms with Crippen LogP contribution in [0.25, 0.3) is 10.9 Å². The van der Waals surface area contributed by atoms with E-state index in [0.717, 1.165) is 10.9 Å². The molecular formula is C32H30N4O7. The number of para-hydroxylation sites is 1. The summed E-state index contributed by atoms with van der Waals surface area (Å²) in [6.45, 7) is 0.385. The van der Waals surface area contributed by atoms with E-state index >= 15 is 0 Å². The number of ether oxygens (including phenoxy) is 4. The summed E-state index contributed by atoms with van der Waals surface area (Å²) in [5, 5.41) is 6.71. The number of nitrogens with zero attached hydrogens (tertiary/aromatic N) is 2. The van der Waals surface area contributed by atoms with Crippen molar-refractivity contribution < 1.29 is 33.3 Å². The molecule has 3 aliphatic rings. The predicted molar refractivity (Wildman–Crippen MR) is 157 cm³/mol. The summed E-state index contributed by atoms with van der Waals surface area (Å²) in [5.74, 6) is 0.572. The van der Waals surface area contributed by atoms with Crippen LogP contribution < -0.4 is 29.6 Å². The summed E-state index contributed by atoms with van der Waals surface area (Å²) in [4.78, 5) is 45.9. The number of likely N-dealkylation sites (tertiary alicyclic amines) is 1. The number of aromatic nitrogens is 1. The molecule has 220 valence electrons. The van der Waals surface area contributed by atoms with Gasteiger partial charge in [0.2, 0.25) is 0 Å². The number of hydrogen-bond acceptors (Lipinski definition) is 8. The van der Waals surface area contributed by atoms with Gasteiger partial charge >= 0.3 is 0 Å². The van der Waals surface area contributed by atoms with Crippen molar-refractivity contribution in [3.63, 3.8) is 0 Å². The first-order valence-corrected chi connectivity index (χ1v) is 13.8. The normalized spacial score (nSPS) is 18.5. The lowest BCUT2D eigenvalue weighted by atomic mass is 10.1. The van der Waals surface area contributed by atoms with E-state index in [1.165, 1.54) is 20.3 Å². The second-order valence-corrected chi connectivity index (χ2v) is 10.2. The summed E-state index contributed by atoms with van der Waals surface area (Å²) >= 11 is 0. The van der Waals surface area contributed by atoms with Crippen LogP contribution in [0.4, 0.5) is 0 Å². The van der Waals surface area contributed by atoms with Crippen molar-refractivity contribution in [1.82, 2.24) is 20.5 Å². The summed E-state index contributed by atoms with van der Waals surface area (Å²) in [6.07, 6.45) is 1.06. The largest absolute Gasteiger partial charge is 0.493 e. The maximum absolute atomic E-state index is 13.8. The van der Waals surface area contributed by atoms with Gasteiger partial charge in [0.1, 0.15) is 6.10 Å². The van der Waals surface area contributed by atoms with Gasteiger partial charge in [0.05, 0.1) is 37.9 Å². The third kappa shape index (κ3) is 5.74. The van der Waals surface area contributed by atoms with E-state index in [0.29, 0.717) is 33.9 Å². The van der Waals surface area contributed by atoms with E-state index in [-0.39, 0.29) is 43.8 Å². The molecule has 4 aromatic rings. The van der Waals surface area contributed by atoms with Gasteiger partial charge in [-0.2, -0.15) is 0 Å². The average Bonchev–Trinajstić information content (AvgIpc) is 3.43. The second kappa shape index (κ2) is 11.9. The Morgan fingerprint density at radius 1 is 0.953 bits per heavy atom. The van der Waals surface area contributed by atoms with Gasteiger partial charge in [0.25, 0.3) is 17.7 Å². The van der Waals surface area contributed by atoms with Gasteiger partial charge < -0.3 is 34.5 Å². The highest BCUT2D eigenvalue weighted by Crippen LogP contribution is 2.32. The molecular weight excluding hydrogens is 552 g/mol. The zero-order chi connectivity index (χ0) is 29.9. The first kappa shape index (κ1) is 27.8. The first-order valence-electron chi connectivity index (χ1n) is 13.8. The van der Waals surface area contributed by atoms with Crippen LogP contribution in [0, 0.1) is 0 Å². The van der Waals surface area contributed by atoms with Gasteiger partial charge in [-0.15, -0.1) is 0 Å². The highest BCUT2D eigenvalue weighted by atomic mass is 16.5. The molecule has 2 N–H and O–H groups in total. The van der Waals surface area contributed by atoms with Gasteiger partial charge in [-0.25, -0.2) is 0 Å².